The van der Waals surface area contributed by atoms with Gasteiger partial charge in [0.25, 0.3) is 11.8 Å². The molecule has 10 heteroatoms. The summed E-state index contributed by atoms with van der Waals surface area (Å²) in [6.07, 6.45) is 12.2. The maximum atomic E-state index is 13.1. The first-order valence-electron chi connectivity index (χ1n) is 16.5. The highest BCUT2D eigenvalue weighted by Gasteiger charge is 2.32. The molecule has 2 N–H and O–H groups in total. The molecule has 2 amide bonds. The average molecular weight is 633 g/mol. The predicted molar refractivity (Wildman–Crippen MR) is 179 cm³/mol. The highest BCUT2D eigenvalue weighted by Crippen LogP contribution is 2.43. The van der Waals surface area contributed by atoms with Crippen molar-refractivity contribution in [2.75, 3.05) is 13.1 Å². The van der Waals surface area contributed by atoms with Crippen LogP contribution in [0.25, 0.3) is 21.1 Å². The van der Waals surface area contributed by atoms with Crippen LogP contribution in [0.2, 0.25) is 0 Å². The molecule has 0 spiro atoms. The number of nitrogens with one attached hydrogen (secondary N) is 2. The first kappa shape index (κ1) is 30.8. The van der Waals surface area contributed by atoms with Crippen LogP contribution in [-0.2, 0) is 25.9 Å². The zero-order chi connectivity index (χ0) is 30.5. The molecule has 0 bridgehead atoms. The van der Waals surface area contributed by atoms with Crippen LogP contribution in [0.15, 0.2) is 22.9 Å². The Kier molecular flexibility index (Phi) is 9.96. The van der Waals surface area contributed by atoms with Gasteiger partial charge >= 0.3 is 0 Å². The molecule has 0 aromatic carbocycles. The molecule has 4 aromatic rings. The van der Waals surface area contributed by atoms with Crippen LogP contribution in [0.4, 0.5) is 0 Å². The number of carbonyl (C=O) groups excluding carboxylic acids is 2. The molecule has 0 saturated heterocycles. The number of carbonyl (C=O) groups is 2. The van der Waals surface area contributed by atoms with E-state index in [2.05, 4.69) is 56.7 Å². The molecule has 4 aromatic heterocycles. The molecule has 44 heavy (non-hydrogen) atoms. The molecular weight excluding hydrogens is 589 g/mol. The summed E-state index contributed by atoms with van der Waals surface area (Å²) in [4.78, 5) is 28.8. The summed E-state index contributed by atoms with van der Waals surface area (Å²) in [5.41, 5.74) is 8.30. The Labute approximate surface area is 268 Å². The summed E-state index contributed by atoms with van der Waals surface area (Å²) in [5.74, 6) is -0.122. The van der Waals surface area contributed by atoms with E-state index in [1.165, 1.54) is 33.7 Å². The van der Waals surface area contributed by atoms with Gasteiger partial charge in [-0.15, -0.1) is 22.7 Å². The first-order valence-corrected chi connectivity index (χ1v) is 18.3. The van der Waals surface area contributed by atoms with Gasteiger partial charge in [-0.05, 0) is 59.7 Å². The second-order valence-electron chi connectivity index (χ2n) is 12.0. The topological polar surface area (TPSA) is 93.8 Å². The molecule has 234 valence electrons. The van der Waals surface area contributed by atoms with Crippen LogP contribution in [0.3, 0.4) is 0 Å². The van der Waals surface area contributed by atoms with Gasteiger partial charge in [-0.2, -0.15) is 10.2 Å². The van der Waals surface area contributed by atoms with Crippen LogP contribution in [-0.4, -0.2) is 44.5 Å². The zero-order valence-corrected chi connectivity index (χ0v) is 27.7. The number of nitrogens with zero attached hydrogens (tertiary/aromatic N) is 4. The Hall–Kier alpha value is -3.24. The number of thiophene rings is 2. The third kappa shape index (κ3) is 6.29. The Balaban J connectivity index is 0.938. The molecule has 4 heterocycles. The molecular formula is C34H44N6O2S2. The summed E-state index contributed by atoms with van der Waals surface area (Å²) in [7, 11) is 0. The minimum Gasteiger partial charge on any atom is -0.351 e. The van der Waals surface area contributed by atoms with Crippen molar-refractivity contribution < 1.29 is 9.59 Å². The summed E-state index contributed by atoms with van der Waals surface area (Å²) < 4.78 is 4.14. The van der Waals surface area contributed by atoms with Crippen LogP contribution < -0.4 is 10.6 Å². The smallest absolute Gasteiger partial charge is 0.272 e. The second-order valence-corrected chi connectivity index (χ2v) is 13.9. The van der Waals surface area contributed by atoms with E-state index in [0.717, 1.165) is 99.8 Å². The molecule has 0 saturated carbocycles. The van der Waals surface area contributed by atoms with E-state index in [1.54, 1.807) is 22.7 Å². The SMILES string of the molecule is CCCCCn1nc(C(=O)NCCCCCCNC(=O)c2nn(CCCCC)c3c2Cc2ccsc2-3)c2c1-c1sccc1C2. The third-order valence-electron chi connectivity index (χ3n) is 8.81. The van der Waals surface area contributed by atoms with Gasteiger partial charge in [0.05, 0.1) is 21.1 Å². The lowest BCUT2D eigenvalue weighted by Crippen LogP contribution is -2.26. The predicted octanol–water partition coefficient (Wildman–Crippen LogP) is 7.45. The molecule has 2 aliphatic carbocycles. The maximum absolute atomic E-state index is 13.1. The standard InChI is InChI=1S/C34H44N6O2S2/c1-3-5-11-17-39-29-25(21-23-13-19-43-31(23)29)27(37-39)33(41)35-15-9-7-8-10-16-36-34(42)28-26-22-24-14-20-44-32(24)30(26)40(38-28)18-12-6-4-2/h13-14,19-20H,3-12,15-18,21-22H2,1-2H3,(H,35,41)(H,36,42). The minimum absolute atomic E-state index is 0.0612. The van der Waals surface area contributed by atoms with E-state index in [1.807, 2.05) is 0 Å². The van der Waals surface area contributed by atoms with Gasteiger partial charge in [-0.25, -0.2) is 0 Å². The third-order valence-corrected chi connectivity index (χ3v) is 10.7. The van der Waals surface area contributed by atoms with Crippen molar-refractivity contribution in [1.29, 1.82) is 0 Å². The van der Waals surface area contributed by atoms with Crippen molar-refractivity contribution in [3.05, 3.63) is 56.5 Å². The summed E-state index contributed by atoms with van der Waals surface area (Å²) >= 11 is 3.50. The van der Waals surface area contributed by atoms with Crippen molar-refractivity contribution in [3.8, 4) is 21.1 Å². The van der Waals surface area contributed by atoms with Crippen molar-refractivity contribution in [3.63, 3.8) is 0 Å². The van der Waals surface area contributed by atoms with Gasteiger partial charge in [0.1, 0.15) is 0 Å². The van der Waals surface area contributed by atoms with E-state index in [-0.39, 0.29) is 11.8 Å². The fourth-order valence-electron chi connectivity index (χ4n) is 6.47. The monoisotopic (exact) mass is 632 g/mol. The lowest BCUT2D eigenvalue weighted by molar-refractivity contribution is 0.0936. The van der Waals surface area contributed by atoms with Crippen molar-refractivity contribution in [2.45, 2.75) is 104 Å². The molecule has 6 rings (SSSR count). The van der Waals surface area contributed by atoms with Gasteiger partial charge in [0, 0.05) is 50.1 Å². The molecule has 0 atom stereocenters. The van der Waals surface area contributed by atoms with Crippen molar-refractivity contribution >= 4 is 34.5 Å². The highest BCUT2D eigenvalue weighted by molar-refractivity contribution is 7.14. The fourth-order valence-corrected chi connectivity index (χ4v) is 8.47. The number of hydrogen-bond donors (Lipinski definition) is 2. The number of aromatic nitrogens is 4. The molecule has 0 radical (unpaired) electrons. The van der Waals surface area contributed by atoms with E-state index in [0.29, 0.717) is 24.5 Å². The maximum Gasteiger partial charge on any atom is 0.272 e. The Morgan fingerprint density at radius 3 is 1.57 bits per heavy atom. The van der Waals surface area contributed by atoms with Gasteiger partial charge < -0.3 is 10.6 Å². The van der Waals surface area contributed by atoms with E-state index in [4.69, 9.17) is 10.2 Å². The van der Waals surface area contributed by atoms with Gasteiger partial charge in [-0.3, -0.25) is 19.0 Å². The Morgan fingerprint density at radius 2 is 1.14 bits per heavy atom. The van der Waals surface area contributed by atoms with Gasteiger partial charge in [-0.1, -0.05) is 52.4 Å². The van der Waals surface area contributed by atoms with Crippen molar-refractivity contribution in [1.82, 2.24) is 30.2 Å². The number of hydrogen-bond acceptors (Lipinski definition) is 6. The van der Waals surface area contributed by atoms with Crippen LogP contribution in [0.5, 0.6) is 0 Å². The quantitative estimate of drug-likeness (QED) is 0.102. The summed E-state index contributed by atoms with van der Waals surface area (Å²) in [6, 6.07) is 4.35. The normalized spacial score (nSPS) is 12.7. The number of unbranched alkanes of at least 4 members (excludes halogenated alkanes) is 7. The number of fused-ring (bicyclic) bond motifs is 6. The number of rotatable bonds is 17. The molecule has 0 fully saturated rings. The average Bonchev–Trinajstić information content (AvgIpc) is 3.84. The van der Waals surface area contributed by atoms with Crippen molar-refractivity contribution in [2.24, 2.45) is 0 Å². The summed E-state index contributed by atoms with van der Waals surface area (Å²) in [6.45, 7) is 7.39. The van der Waals surface area contributed by atoms with Crippen LogP contribution in [0.1, 0.15) is 121 Å². The van der Waals surface area contributed by atoms with Gasteiger partial charge in [0.15, 0.2) is 11.4 Å². The molecule has 8 nitrogen and oxygen atoms in total. The number of aryl methyl sites for hydroxylation is 2. The zero-order valence-electron chi connectivity index (χ0n) is 26.0. The van der Waals surface area contributed by atoms with E-state index in [9.17, 15) is 9.59 Å². The van der Waals surface area contributed by atoms with E-state index < -0.39 is 0 Å². The molecule has 0 aliphatic heterocycles. The van der Waals surface area contributed by atoms with Crippen LogP contribution >= 0.6 is 22.7 Å². The second kappa shape index (κ2) is 14.2. The lowest BCUT2D eigenvalue weighted by Gasteiger charge is -2.07. The molecule has 0 unspecified atom stereocenters. The molecule has 2 aliphatic rings. The largest absolute Gasteiger partial charge is 0.351 e. The van der Waals surface area contributed by atoms with E-state index >= 15 is 0 Å². The first-order chi connectivity index (χ1) is 21.6. The van der Waals surface area contributed by atoms with Gasteiger partial charge in [0.2, 0.25) is 0 Å². The lowest BCUT2D eigenvalue weighted by atomic mass is 10.1. The number of amides is 2. The fraction of sp³-hybridized carbons (Fsp3) is 0.529. The Bertz CT molecular complexity index is 1490. The summed E-state index contributed by atoms with van der Waals surface area (Å²) in [5, 5.41) is 20.1. The highest BCUT2D eigenvalue weighted by atomic mass is 32.1. The minimum atomic E-state index is -0.0612. The Morgan fingerprint density at radius 1 is 0.682 bits per heavy atom. The van der Waals surface area contributed by atoms with Crippen LogP contribution in [0, 0.1) is 0 Å².